The van der Waals surface area contributed by atoms with Crippen LogP contribution in [0.1, 0.15) is 59.3 Å². The van der Waals surface area contributed by atoms with Crippen molar-refractivity contribution in [1.29, 1.82) is 0 Å². The predicted molar refractivity (Wildman–Crippen MR) is 158 cm³/mol. The van der Waals surface area contributed by atoms with E-state index in [1.807, 2.05) is 51.2 Å². The molecule has 3 rings (SSSR count). The Balaban J connectivity index is 1.82. The molecule has 3 aliphatic heterocycles. The third-order valence-electron chi connectivity index (χ3n) is 8.31. The van der Waals surface area contributed by atoms with Gasteiger partial charge in [0.15, 0.2) is 6.10 Å². The Morgan fingerprint density at radius 2 is 1.93 bits per heavy atom. The molecule has 0 saturated carbocycles. The SMILES string of the molecule is CC1=C/[C@H]2O[C@@H](C/C=C/C=C/C(=O)O[C@@H]3C[C@@H](/C=C/C\C=C\1)O[C@@H](C/C=C\CC(O)C(=O)O)[C@]3(C)CO)C[C@H](O)[C@H]2C. The molecule has 9 nitrogen and oxygen atoms in total. The largest absolute Gasteiger partial charge is 0.479 e. The minimum atomic E-state index is -1.49. The highest BCUT2D eigenvalue weighted by Crippen LogP contribution is 2.41. The summed E-state index contributed by atoms with van der Waals surface area (Å²) in [7, 11) is 0. The molecule has 0 aromatic carbocycles. The van der Waals surface area contributed by atoms with Gasteiger partial charge in [-0.15, -0.1) is 0 Å². The second kappa shape index (κ2) is 16.1. The summed E-state index contributed by atoms with van der Waals surface area (Å²) in [6.45, 7) is 5.52. The molecule has 0 amide bonds. The van der Waals surface area contributed by atoms with E-state index in [1.165, 1.54) is 6.08 Å². The van der Waals surface area contributed by atoms with Crippen molar-refractivity contribution in [2.45, 2.75) is 102 Å². The third-order valence-corrected chi connectivity index (χ3v) is 8.31. The van der Waals surface area contributed by atoms with Crippen LogP contribution in [0.4, 0.5) is 0 Å². The molecule has 0 aliphatic carbocycles. The average molecular weight is 587 g/mol. The van der Waals surface area contributed by atoms with Crippen LogP contribution in [-0.4, -0.2) is 81.7 Å². The lowest BCUT2D eigenvalue weighted by Gasteiger charge is -2.47. The van der Waals surface area contributed by atoms with E-state index in [2.05, 4.69) is 6.08 Å². The minimum Gasteiger partial charge on any atom is -0.479 e. The molecule has 0 aromatic rings. The number of esters is 1. The zero-order valence-corrected chi connectivity index (χ0v) is 24.7. The maximum Gasteiger partial charge on any atom is 0.332 e. The van der Waals surface area contributed by atoms with Crippen LogP contribution < -0.4 is 0 Å². The standard InChI is InChI=1S/C33H46O9/c1-22-12-6-4-7-14-25-20-30(33(3,21-34)29(41-25)16-11-10-15-26(35)32(38)39)42-31(37)17-9-5-8-13-24-19-27(36)23(2)28(18-22)40-24/h5-12,14,17-18,23-30,34-36H,4,13,15-16,19-21H2,1-3H3,(H,38,39)/b8-5+,11-10-,12-6+,14-7+,17-9+,22-18-/t23-,24+,25-,26?,27+,28-,29+,30-,33+/m1/s1. The Hall–Kier alpha value is -2.82. The molecule has 9 heteroatoms. The van der Waals surface area contributed by atoms with Crippen LogP contribution in [0.15, 0.2) is 72.4 Å². The Kier molecular flexibility index (Phi) is 12.9. The number of carboxylic acids is 1. The molecule has 3 aliphatic rings. The minimum absolute atomic E-state index is 0.0213. The predicted octanol–water partition coefficient (Wildman–Crippen LogP) is 3.96. The van der Waals surface area contributed by atoms with Gasteiger partial charge in [0.2, 0.25) is 0 Å². The zero-order valence-electron chi connectivity index (χ0n) is 24.7. The molecular weight excluding hydrogens is 540 g/mol. The first-order valence-corrected chi connectivity index (χ1v) is 14.7. The second-order valence-electron chi connectivity index (χ2n) is 11.7. The van der Waals surface area contributed by atoms with E-state index in [0.29, 0.717) is 32.1 Å². The van der Waals surface area contributed by atoms with Crippen molar-refractivity contribution < 1.29 is 44.2 Å². The lowest BCUT2D eigenvalue weighted by Crippen LogP contribution is -2.55. The summed E-state index contributed by atoms with van der Waals surface area (Å²) >= 11 is 0. The number of aliphatic carboxylic acids is 1. The van der Waals surface area contributed by atoms with Gasteiger partial charge in [-0.25, -0.2) is 9.59 Å². The van der Waals surface area contributed by atoms with Crippen LogP contribution in [0.2, 0.25) is 0 Å². The number of hydrogen-bond donors (Lipinski definition) is 4. The number of carbonyl (C=O) groups excluding carboxylic acids is 1. The van der Waals surface area contributed by atoms with Gasteiger partial charge < -0.3 is 34.6 Å². The average Bonchev–Trinajstić information content (AvgIpc) is 2.94. The molecule has 2 saturated heterocycles. The summed E-state index contributed by atoms with van der Waals surface area (Å²) in [6.07, 6.45) is 18.5. The van der Waals surface area contributed by atoms with E-state index in [4.69, 9.17) is 19.3 Å². The molecule has 4 N–H and O–H groups in total. The van der Waals surface area contributed by atoms with E-state index in [-0.39, 0.29) is 37.3 Å². The maximum atomic E-state index is 12.8. The summed E-state index contributed by atoms with van der Waals surface area (Å²) in [5.74, 6) is -1.86. The number of aliphatic hydroxyl groups is 3. The third kappa shape index (κ3) is 9.61. The zero-order chi connectivity index (χ0) is 30.7. The molecule has 0 aromatic heterocycles. The van der Waals surface area contributed by atoms with Crippen molar-refractivity contribution in [2.75, 3.05) is 6.61 Å². The van der Waals surface area contributed by atoms with E-state index in [9.17, 15) is 24.9 Å². The van der Waals surface area contributed by atoms with Gasteiger partial charge in [-0.05, 0) is 26.2 Å². The lowest BCUT2D eigenvalue weighted by atomic mass is 9.73. The molecular formula is C33H46O9. The van der Waals surface area contributed by atoms with Gasteiger partial charge in [-0.3, -0.25) is 0 Å². The van der Waals surface area contributed by atoms with Gasteiger partial charge in [-0.1, -0.05) is 80.2 Å². The van der Waals surface area contributed by atoms with Gasteiger partial charge in [-0.2, -0.15) is 0 Å². The van der Waals surface area contributed by atoms with Crippen LogP contribution in [0.25, 0.3) is 0 Å². The summed E-state index contributed by atoms with van der Waals surface area (Å²) in [6, 6.07) is 0. The van der Waals surface area contributed by atoms with Gasteiger partial charge in [0.1, 0.15) is 6.10 Å². The number of fused-ring (bicyclic) bond motifs is 4. The Morgan fingerprint density at radius 1 is 1.14 bits per heavy atom. The number of rotatable bonds is 6. The highest BCUT2D eigenvalue weighted by Gasteiger charge is 2.49. The molecule has 9 atom stereocenters. The van der Waals surface area contributed by atoms with Gasteiger partial charge in [0.25, 0.3) is 0 Å². The number of aliphatic hydroxyl groups excluding tert-OH is 3. The van der Waals surface area contributed by atoms with Crippen LogP contribution >= 0.6 is 0 Å². The topological polar surface area (TPSA) is 143 Å². The molecule has 0 spiro atoms. The summed E-state index contributed by atoms with van der Waals surface area (Å²) < 4.78 is 18.5. The molecule has 3 heterocycles. The Bertz CT molecular complexity index is 1090. The molecule has 232 valence electrons. The van der Waals surface area contributed by atoms with E-state index < -0.39 is 41.8 Å². The maximum absolute atomic E-state index is 12.8. The smallest absolute Gasteiger partial charge is 0.332 e. The molecule has 4 bridgehead atoms. The van der Waals surface area contributed by atoms with Crippen molar-refractivity contribution in [2.24, 2.45) is 11.3 Å². The number of carbonyl (C=O) groups is 2. The van der Waals surface area contributed by atoms with Crippen LogP contribution in [-0.2, 0) is 23.8 Å². The fourth-order valence-electron chi connectivity index (χ4n) is 5.44. The highest BCUT2D eigenvalue weighted by molar-refractivity contribution is 5.82. The van der Waals surface area contributed by atoms with Gasteiger partial charge in [0, 0.05) is 31.3 Å². The molecule has 2 fully saturated rings. The molecule has 0 radical (unpaired) electrons. The van der Waals surface area contributed by atoms with Crippen molar-refractivity contribution >= 4 is 11.9 Å². The molecule has 1 unspecified atom stereocenters. The second-order valence-corrected chi connectivity index (χ2v) is 11.7. The molecule has 42 heavy (non-hydrogen) atoms. The quantitative estimate of drug-likeness (QED) is 0.269. The normalized spacial score (nSPS) is 39.7. The lowest BCUT2D eigenvalue weighted by molar-refractivity contribution is -0.198. The van der Waals surface area contributed by atoms with E-state index in [0.717, 1.165) is 5.57 Å². The Labute approximate surface area is 248 Å². The van der Waals surface area contributed by atoms with Crippen molar-refractivity contribution in [3.05, 3.63) is 72.4 Å². The number of carboxylic acid groups (broad SMARTS) is 1. The van der Waals surface area contributed by atoms with Gasteiger partial charge in [0.05, 0.1) is 42.5 Å². The summed E-state index contributed by atoms with van der Waals surface area (Å²) in [5.41, 5.74) is 0.130. The van der Waals surface area contributed by atoms with Crippen LogP contribution in [0.5, 0.6) is 0 Å². The van der Waals surface area contributed by atoms with Gasteiger partial charge >= 0.3 is 11.9 Å². The monoisotopic (exact) mass is 586 g/mol. The van der Waals surface area contributed by atoms with Crippen molar-refractivity contribution in [3.63, 3.8) is 0 Å². The van der Waals surface area contributed by atoms with E-state index >= 15 is 0 Å². The fourth-order valence-corrected chi connectivity index (χ4v) is 5.44. The number of hydrogen-bond acceptors (Lipinski definition) is 8. The Morgan fingerprint density at radius 3 is 2.67 bits per heavy atom. The first-order valence-electron chi connectivity index (χ1n) is 14.7. The first kappa shape index (κ1) is 33.7. The van der Waals surface area contributed by atoms with Crippen LogP contribution in [0.3, 0.4) is 0 Å². The van der Waals surface area contributed by atoms with E-state index in [1.54, 1.807) is 24.3 Å². The number of allylic oxidation sites excluding steroid dienone is 6. The summed E-state index contributed by atoms with van der Waals surface area (Å²) in [5, 5.41) is 39.4. The van der Waals surface area contributed by atoms with Crippen molar-refractivity contribution in [3.8, 4) is 0 Å². The van der Waals surface area contributed by atoms with Crippen LogP contribution in [0, 0.1) is 11.3 Å². The summed E-state index contributed by atoms with van der Waals surface area (Å²) in [4.78, 5) is 23.7. The number of ether oxygens (including phenoxy) is 3. The highest BCUT2D eigenvalue weighted by atomic mass is 16.6. The first-order chi connectivity index (χ1) is 20.0. The van der Waals surface area contributed by atoms with Crippen molar-refractivity contribution in [1.82, 2.24) is 0 Å². The fraction of sp³-hybridized carbons (Fsp3) is 0.576.